The standard InChI is InChI=1S/C12H18OSi/c1-5-12(13,14(2,3)4)11-9-7-6-8-10-11/h5-10,13H,1H2,2-4H3. The fraction of sp³-hybridized carbons (Fsp3) is 0.333. The summed E-state index contributed by atoms with van der Waals surface area (Å²) in [6.45, 7) is 10.2. The number of hydrogen-bond donors (Lipinski definition) is 1. The number of rotatable bonds is 3. The summed E-state index contributed by atoms with van der Waals surface area (Å²) in [5, 5.41) is 9.75. The Kier molecular flexibility index (Phi) is 2.97. The van der Waals surface area contributed by atoms with Gasteiger partial charge in [0.05, 0.1) is 13.3 Å². The van der Waals surface area contributed by atoms with Crippen LogP contribution in [0.25, 0.3) is 0 Å². The Balaban J connectivity index is 3.22. The van der Waals surface area contributed by atoms with Gasteiger partial charge in [-0.1, -0.05) is 56.0 Å². The maximum atomic E-state index is 10.6. The van der Waals surface area contributed by atoms with Crippen molar-refractivity contribution < 1.29 is 5.11 Å². The van der Waals surface area contributed by atoms with Crippen LogP contribution in [0.15, 0.2) is 43.0 Å². The lowest BCUT2D eigenvalue weighted by atomic mass is 10.1. The van der Waals surface area contributed by atoms with Crippen LogP contribution in [0.2, 0.25) is 19.6 Å². The van der Waals surface area contributed by atoms with Crippen LogP contribution in [-0.4, -0.2) is 13.2 Å². The van der Waals surface area contributed by atoms with Crippen molar-refractivity contribution in [1.82, 2.24) is 0 Å². The van der Waals surface area contributed by atoms with Gasteiger partial charge < -0.3 is 5.11 Å². The van der Waals surface area contributed by atoms with Crippen molar-refractivity contribution in [3.63, 3.8) is 0 Å². The van der Waals surface area contributed by atoms with E-state index in [2.05, 4.69) is 26.2 Å². The zero-order valence-electron chi connectivity index (χ0n) is 9.12. The quantitative estimate of drug-likeness (QED) is 0.595. The fourth-order valence-corrected chi connectivity index (χ4v) is 3.19. The molecule has 1 rings (SSSR count). The largest absolute Gasteiger partial charge is 0.385 e. The van der Waals surface area contributed by atoms with E-state index in [1.54, 1.807) is 6.08 Å². The Morgan fingerprint density at radius 2 is 1.71 bits per heavy atom. The van der Waals surface area contributed by atoms with Crippen molar-refractivity contribution in [3.8, 4) is 0 Å². The molecule has 0 saturated carbocycles. The highest BCUT2D eigenvalue weighted by Crippen LogP contribution is 2.32. The minimum Gasteiger partial charge on any atom is -0.385 e. The van der Waals surface area contributed by atoms with Crippen molar-refractivity contribution in [2.45, 2.75) is 24.9 Å². The van der Waals surface area contributed by atoms with Gasteiger partial charge in [-0.2, -0.15) is 0 Å². The number of hydrogen-bond acceptors (Lipinski definition) is 1. The first-order valence-corrected chi connectivity index (χ1v) is 8.33. The van der Waals surface area contributed by atoms with E-state index in [0.717, 1.165) is 5.56 Å². The van der Waals surface area contributed by atoms with Gasteiger partial charge in [-0.3, -0.25) is 0 Å². The van der Waals surface area contributed by atoms with Crippen molar-refractivity contribution in [2.75, 3.05) is 0 Å². The number of benzene rings is 1. The summed E-state index contributed by atoms with van der Waals surface area (Å²) in [6.07, 6.45) is 1.68. The molecule has 0 amide bonds. The molecule has 1 aromatic carbocycles. The fourth-order valence-electron chi connectivity index (χ4n) is 1.55. The minimum atomic E-state index is -1.71. The molecule has 0 saturated heterocycles. The molecule has 0 fully saturated rings. The Labute approximate surface area is 87.1 Å². The molecule has 14 heavy (non-hydrogen) atoms. The van der Waals surface area contributed by atoms with Crippen molar-refractivity contribution in [1.29, 1.82) is 0 Å². The predicted molar refractivity (Wildman–Crippen MR) is 63.9 cm³/mol. The molecule has 0 radical (unpaired) electrons. The summed E-state index contributed by atoms with van der Waals surface area (Å²) in [4.78, 5) is 0. The van der Waals surface area contributed by atoms with Gasteiger partial charge >= 0.3 is 0 Å². The Hall–Kier alpha value is -0.863. The van der Waals surface area contributed by atoms with Gasteiger partial charge in [0.15, 0.2) is 0 Å². The van der Waals surface area contributed by atoms with Gasteiger partial charge in [0.2, 0.25) is 0 Å². The summed E-state index contributed by atoms with van der Waals surface area (Å²) >= 11 is 0. The van der Waals surface area contributed by atoms with Crippen LogP contribution in [-0.2, 0) is 5.22 Å². The third kappa shape index (κ3) is 1.81. The molecule has 0 aliphatic carbocycles. The second kappa shape index (κ2) is 3.71. The van der Waals surface area contributed by atoms with Gasteiger partial charge in [-0.05, 0) is 5.56 Å². The maximum absolute atomic E-state index is 10.6. The molecule has 76 valence electrons. The second-order valence-corrected chi connectivity index (χ2v) is 9.85. The van der Waals surface area contributed by atoms with Crippen LogP contribution in [0.4, 0.5) is 0 Å². The van der Waals surface area contributed by atoms with E-state index >= 15 is 0 Å². The van der Waals surface area contributed by atoms with Gasteiger partial charge in [-0.15, -0.1) is 6.58 Å². The molecule has 0 heterocycles. The van der Waals surface area contributed by atoms with Gasteiger partial charge in [-0.25, -0.2) is 0 Å². The van der Waals surface area contributed by atoms with E-state index in [-0.39, 0.29) is 0 Å². The molecular weight excluding hydrogens is 188 g/mol. The Bertz CT molecular complexity index is 313. The van der Waals surface area contributed by atoms with Crippen molar-refractivity contribution >= 4 is 8.07 Å². The van der Waals surface area contributed by atoms with Crippen LogP contribution in [0, 0.1) is 0 Å². The second-order valence-electron chi connectivity index (χ2n) is 4.59. The maximum Gasteiger partial charge on any atom is 0.0953 e. The van der Waals surface area contributed by atoms with Crippen LogP contribution < -0.4 is 0 Å². The van der Waals surface area contributed by atoms with Gasteiger partial charge in [0.25, 0.3) is 0 Å². The molecule has 1 unspecified atom stereocenters. The first-order valence-electron chi connectivity index (χ1n) is 4.83. The van der Waals surface area contributed by atoms with Crippen LogP contribution in [0.1, 0.15) is 5.56 Å². The molecular formula is C12H18OSi. The normalized spacial score (nSPS) is 16.0. The monoisotopic (exact) mass is 206 g/mol. The van der Waals surface area contributed by atoms with E-state index in [1.807, 2.05) is 30.3 Å². The summed E-state index contributed by atoms with van der Waals surface area (Å²) in [7, 11) is -1.71. The van der Waals surface area contributed by atoms with E-state index in [4.69, 9.17) is 0 Å². The Morgan fingerprint density at radius 1 is 1.21 bits per heavy atom. The zero-order valence-corrected chi connectivity index (χ0v) is 10.1. The third-order valence-electron chi connectivity index (χ3n) is 2.65. The first-order chi connectivity index (χ1) is 6.42. The molecule has 1 N–H and O–H groups in total. The molecule has 0 bridgehead atoms. The third-order valence-corrected chi connectivity index (χ3v) is 5.43. The lowest BCUT2D eigenvalue weighted by Gasteiger charge is -2.36. The predicted octanol–water partition coefficient (Wildman–Crippen LogP) is 2.94. The highest BCUT2D eigenvalue weighted by atomic mass is 28.3. The van der Waals surface area contributed by atoms with Gasteiger partial charge in [0.1, 0.15) is 0 Å². The smallest absolute Gasteiger partial charge is 0.0953 e. The zero-order chi connectivity index (χ0) is 10.8. The summed E-state index contributed by atoms with van der Waals surface area (Å²) in [6, 6.07) is 9.77. The molecule has 1 nitrogen and oxygen atoms in total. The highest BCUT2D eigenvalue weighted by molar-refractivity contribution is 6.79. The lowest BCUT2D eigenvalue weighted by molar-refractivity contribution is 0.168. The van der Waals surface area contributed by atoms with E-state index in [1.165, 1.54) is 0 Å². The summed E-state index contributed by atoms with van der Waals surface area (Å²) in [5.41, 5.74) is 0.953. The topological polar surface area (TPSA) is 20.2 Å². The SMILES string of the molecule is C=CC(O)(c1ccccc1)[Si](C)(C)C. The van der Waals surface area contributed by atoms with Crippen molar-refractivity contribution in [3.05, 3.63) is 48.6 Å². The average molecular weight is 206 g/mol. The molecule has 1 atom stereocenters. The van der Waals surface area contributed by atoms with E-state index in [9.17, 15) is 5.11 Å². The summed E-state index contributed by atoms with van der Waals surface area (Å²) in [5.74, 6) is 0. The Morgan fingerprint density at radius 3 is 2.07 bits per heavy atom. The van der Waals surface area contributed by atoms with Gasteiger partial charge in [0, 0.05) is 0 Å². The van der Waals surface area contributed by atoms with E-state index < -0.39 is 13.3 Å². The van der Waals surface area contributed by atoms with Crippen molar-refractivity contribution in [2.24, 2.45) is 0 Å². The van der Waals surface area contributed by atoms with Crippen LogP contribution in [0.5, 0.6) is 0 Å². The molecule has 0 spiro atoms. The van der Waals surface area contributed by atoms with E-state index in [0.29, 0.717) is 0 Å². The summed E-state index contributed by atoms with van der Waals surface area (Å²) < 4.78 is 0. The number of aliphatic hydroxyl groups is 1. The minimum absolute atomic E-state index is 0.825. The molecule has 0 aromatic heterocycles. The lowest BCUT2D eigenvalue weighted by Crippen LogP contribution is -2.47. The molecule has 1 aromatic rings. The molecule has 0 aliphatic heterocycles. The van der Waals surface area contributed by atoms with Crippen LogP contribution in [0.3, 0.4) is 0 Å². The highest BCUT2D eigenvalue weighted by Gasteiger charge is 2.40. The molecule has 2 heteroatoms. The van der Waals surface area contributed by atoms with Crippen LogP contribution >= 0.6 is 0 Å². The average Bonchev–Trinajstić information content (AvgIpc) is 2.16. The molecule has 0 aliphatic rings. The first kappa shape index (κ1) is 11.2.